The quantitative estimate of drug-likeness (QED) is 0.708. The van der Waals surface area contributed by atoms with Crippen LogP contribution in [0.2, 0.25) is 0 Å². The van der Waals surface area contributed by atoms with E-state index in [2.05, 4.69) is 11.8 Å². The van der Waals surface area contributed by atoms with Gasteiger partial charge in [-0.05, 0) is 31.6 Å². The first kappa shape index (κ1) is 10.4. The number of hydrogen-bond acceptors (Lipinski definition) is 2. The first-order chi connectivity index (χ1) is 6.68. The molecular weight excluding hydrogens is 192 g/mol. The van der Waals surface area contributed by atoms with E-state index in [4.69, 9.17) is 18.0 Å². The third-order valence-corrected chi connectivity index (χ3v) is 4.31. The van der Waals surface area contributed by atoms with Crippen LogP contribution in [0.3, 0.4) is 0 Å². The van der Waals surface area contributed by atoms with E-state index in [0.29, 0.717) is 11.0 Å². The Morgan fingerprint density at radius 2 is 1.79 bits per heavy atom. The van der Waals surface area contributed by atoms with Crippen molar-refractivity contribution in [2.75, 3.05) is 13.1 Å². The fourth-order valence-corrected chi connectivity index (χ4v) is 3.09. The van der Waals surface area contributed by atoms with E-state index in [1.807, 2.05) is 0 Å². The van der Waals surface area contributed by atoms with Crippen LogP contribution in [0.4, 0.5) is 0 Å². The summed E-state index contributed by atoms with van der Waals surface area (Å²) < 4.78 is 0. The summed E-state index contributed by atoms with van der Waals surface area (Å²) >= 11 is 5.06. The lowest BCUT2D eigenvalue weighted by atomic mass is 9.82. The second-order valence-electron chi connectivity index (χ2n) is 4.84. The summed E-state index contributed by atoms with van der Waals surface area (Å²) in [6, 6.07) is 0.301. The van der Waals surface area contributed by atoms with Gasteiger partial charge in [-0.2, -0.15) is 0 Å². The molecule has 1 saturated heterocycles. The second kappa shape index (κ2) is 4.15. The Morgan fingerprint density at radius 3 is 2.21 bits per heavy atom. The fraction of sp³-hybridized carbons (Fsp3) is 0.909. The molecule has 2 N–H and O–H groups in total. The van der Waals surface area contributed by atoms with Crippen molar-refractivity contribution in [2.45, 2.75) is 38.6 Å². The standard InChI is InChI=1S/C11H20N2S/c1-8(11(12)14)13-6-9-4-2-3-5-10(9)7-13/h8-10H,2-7H2,1H3,(H2,12,14)/t8?,9-,10+. The molecule has 1 aliphatic carbocycles. The molecule has 3 heteroatoms. The Bertz CT molecular complexity index is 215. The van der Waals surface area contributed by atoms with Gasteiger partial charge in [0.15, 0.2) is 0 Å². The molecule has 0 radical (unpaired) electrons. The second-order valence-corrected chi connectivity index (χ2v) is 5.31. The number of hydrogen-bond donors (Lipinski definition) is 1. The molecule has 0 aromatic carbocycles. The maximum atomic E-state index is 5.69. The van der Waals surface area contributed by atoms with E-state index in [1.165, 1.54) is 38.8 Å². The van der Waals surface area contributed by atoms with Crippen LogP contribution < -0.4 is 5.73 Å². The zero-order valence-electron chi connectivity index (χ0n) is 8.91. The van der Waals surface area contributed by atoms with Crippen LogP contribution in [-0.4, -0.2) is 29.0 Å². The highest BCUT2D eigenvalue weighted by Gasteiger charge is 2.36. The molecule has 0 amide bonds. The van der Waals surface area contributed by atoms with E-state index >= 15 is 0 Å². The molecular formula is C11H20N2S. The van der Waals surface area contributed by atoms with Crippen LogP contribution in [0.1, 0.15) is 32.6 Å². The van der Waals surface area contributed by atoms with Gasteiger partial charge >= 0.3 is 0 Å². The van der Waals surface area contributed by atoms with Gasteiger partial charge in [0, 0.05) is 13.1 Å². The molecule has 2 fully saturated rings. The van der Waals surface area contributed by atoms with E-state index in [1.54, 1.807) is 0 Å². The van der Waals surface area contributed by atoms with Crippen LogP contribution in [0.25, 0.3) is 0 Å². The molecule has 1 unspecified atom stereocenters. The number of likely N-dealkylation sites (tertiary alicyclic amines) is 1. The Labute approximate surface area is 91.8 Å². The SMILES string of the molecule is CC(C(N)=S)N1C[C@H]2CCCC[C@H]2C1. The van der Waals surface area contributed by atoms with Gasteiger partial charge in [-0.3, -0.25) is 4.90 Å². The van der Waals surface area contributed by atoms with E-state index in [9.17, 15) is 0 Å². The molecule has 0 aromatic heterocycles. The first-order valence-corrected chi connectivity index (χ1v) is 6.12. The van der Waals surface area contributed by atoms with Crippen molar-refractivity contribution in [2.24, 2.45) is 17.6 Å². The normalized spacial score (nSPS) is 35.2. The lowest BCUT2D eigenvalue weighted by molar-refractivity contribution is 0.299. The highest BCUT2D eigenvalue weighted by molar-refractivity contribution is 7.80. The molecule has 1 saturated carbocycles. The average molecular weight is 212 g/mol. The summed E-state index contributed by atoms with van der Waals surface area (Å²) in [5.41, 5.74) is 5.69. The maximum absolute atomic E-state index is 5.69. The van der Waals surface area contributed by atoms with Crippen molar-refractivity contribution in [3.63, 3.8) is 0 Å². The zero-order chi connectivity index (χ0) is 10.1. The van der Waals surface area contributed by atoms with Crippen molar-refractivity contribution >= 4 is 17.2 Å². The number of rotatable bonds is 2. The van der Waals surface area contributed by atoms with Crippen LogP contribution in [0.5, 0.6) is 0 Å². The monoisotopic (exact) mass is 212 g/mol. The van der Waals surface area contributed by atoms with Gasteiger partial charge in [0.1, 0.15) is 0 Å². The van der Waals surface area contributed by atoms with E-state index < -0.39 is 0 Å². The minimum atomic E-state index is 0.301. The van der Waals surface area contributed by atoms with Crippen LogP contribution in [0.15, 0.2) is 0 Å². The Kier molecular flexibility index (Phi) is 3.07. The van der Waals surface area contributed by atoms with E-state index in [0.717, 1.165) is 11.8 Å². The molecule has 0 aromatic rings. The molecule has 1 aliphatic heterocycles. The van der Waals surface area contributed by atoms with Gasteiger partial charge in [0.2, 0.25) is 0 Å². The van der Waals surface area contributed by atoms with Gasteiger partial charge in [-0.1, -0.05) is 25.1 Å². The zero-order valence-corrected chi connectivity index (χ0v) is 9.72. The minimum Gasteiger partial charge on any atom is -0.392 e. The summed E-state index contributed by atoms with van der Waals surface area (Å²) in [5, 5.41) is 0. The molecule has 2 aliphatic rings. The van der Waals surface area contributed by atoms with E-state index in [-0.39, 0.29) is 0 Å². The summed E-state index contributed by atoms with van der Waals surface area (Å²) in [6.07, 6.45) is 5.70. The highest BCUT2D eigenvalue weighted by atomic mass is 32.1. The third-order valence-electron chi connectivity index (χ3n) is 3.96. The Hall–Kier alpha value is -0.150. The summed E-state index contributed by atoms with van der Waals surface area (Å²) in [6.45, 7) is 4.59. The highest BCUT2D eigenvalue weighted by Crippen LogP contribution is 2.36. The summed E-state index contributed by atoms with van der Waals surface area (Å²) in [7, 11) is 0. The molecule has 0 bridgehead atoms. The number of thiocarbonyl (C=S) groups is 1. The van der Waals surface area contributed by atoms with Gasteiger partial charge in [0.25, 0.3) is 0 Å². The topological polar surface area (TPSA) is 29.3 Å². The number of nitrogens with two attached hydrogens (primary N) is 1. The van der Waals surface area contributed by atoms with Crippen molar-refractivity contribution in [3.05, 3.63) is 0 Å². The summed E-state index contributed by atoms with van der Waals surface area (Å²) in [4.78, 5) is 3.13. The van der Waals surface area contributed by atoms with Gasteiger partial charge < -0.3 is 5.73 Å². The predicted octanol–water partition coefficient (Wildman–Crippen LogP) is 1.78. The molecule has 0 spiro atoms. The van der Waals surface area contributed by atoms with Gasteiger partial charge in [-0.15, -0.1) is 0 Å². The third kappa shape index (κ3) is 1.94. The Morgan fingerprint density at radius 1 is 1.29 bits per heavy atom. The smallest absolute Gasteiger partial charge is 0.0899 e. The largest absolute Gasteiger partial charge is 0.392 e. The molecule has 2 nitrogen and oxygen atoms in total. The van der Waals surface area contributed by atoms with Crippen LogP contribution in [0, 0.1) is 11.8 Å². The van der Waals surface area contributed by atoms with Crippen molar-refractivity contribution < 1.29 is 0 Å². The fourth-order valence-electron chi connectivity index (χ4n) is 2.94. The molecule has 1 heterocycles. The van der Waals surface area contributed by atoms with Crippen LogP contribution in [-0.2, 0) is 0 Å². The summed E-state index contributed by atoms with van der Waals surface area (Å²) in [5.74, 6) is 1.86. The average Bonchev–Trinajstić information content (AvgIpc) is 2.59. The minimum absolute atomic E-state index is 0.301. The van der Waals surface area contributed by atoms with Crippen molar-refractivity contribution in [1.29, 1.82) is 0 Å². The lowest BCUT2D eigenvalue weighted by Gasteiger charge is -2.23. The van der Waals surface area contributed by atoms with Crippen molar-refractivity contribution in [1.82, 2.24) is 4.90 Å². The Balaban J connectivity index is 1.95. The lowest BCUT2D eigenvalue weighted by Crippen LogP contribution is -2.40. The maximum Gasteiger partial charge on any atom is 0.0899 e. The first-order valence-electron chi connectivity index (χ1n) is 5.72. The van der Waals surface area contributed by atoms with Gasteiger partial charge in [0.05, 0.1) is 11.0 Å². The predicted molar refractivity (Wildman–Crippen MR) is 63.3 cm³/mol. The number of fused-ring (bicyclic) bond motifs is 1. The molecule has 80 valence electrons. The molecule has 3 atom stereocenters. The van der Waals surface area contributed by atoms with Crippen molar-refractivity contribution in [3.8, 4) is 0 Å². The molecule has 14 heavy (non-hydrogen) atoms. The molecule has 2 rings (SSSR count). The van der Waals surface area contributed by atoms with Crippen LogP contribution >= 0.6 is 12.2 Å². The number of nitrogens with zero attached hydrogens (tertiary/aromatic N) is 1. The van der Waals surface area contributed by atoms with Gasteiger partial charge in [-0.25, -0.2) is 0 Å².